The van der Waals surface area contributed by atoms with Crippen molar-refractivity contribution < 1.29 is 13.7 Å². The van der Waals surface area contributed by atoms with Crippen LogP contribution in [0, 0.1) is 19.7 Å². The minimum absolute atomic E-state index is 0.0246. The molecule has 3 aromatic rings. The Kier molecular flexibility index (Phi) is 4.09. The third kappa shape index (κ3) is 2.89. The van der Waals surface area contributed by atoms with Gasteiger partial charge in [-0.25, -0.2) is 9.37 Å². The van der Waals surface area contributed by atoms with E-state index in [1.165, 1.54) is 12.1 Å². The Hall–Kier alpha value is -2.70. The van der Waals surface area contributed by atoms with E-state index in [0.29, 0.717) is 11.5 Å². The van der Waals surface area contributed by atoms with Crippen molar-refractivity contribution in [1.29, 1.82) is 0 Å². The Bertz CT molecular complexity index is 893. The first-order chi connectivity index (χ1) is 11.4. The summed E-state index contributed by atoms with van der Waals surface area (Å²) in [5.41, 5.74) is 3.01. The number of anilines is 1. The zero-order valence-electron chi connectivity index (χ0n) is 14.1. The minimum Gasteiger partial charge on any atom is -0.361 e. The molecule has 0 unspecified atom stereocenters. The molecule has 0 spiro atoms. The van der Waals surface area contributed by atoms with Gasteiger partial charge in [-0.15, -0.1) is 0 Å². The number of benzene rings is 1. The molecule has 0 saturated carbocycles. The number of amides is 1. The van der Waals surface area contributed by atoms with Crippen molar-refractivity contribution in [3.8, 4) is 0 Å². The molecule has 126 valence electrons. The number of hydrogen-bond acceptors (Lipinski definition) is 4. The molecule has 2 heterocycles. The fourth-order valence-corrected chi connectivity index (χ4v) is 3.03. The van der Waals surface area contributed by atoms with Gasteiger partial charge in [-0.1, -0.05) is 12.1 Å². The number of carbonyl (C=O) groups is 1. The van der Waals surface area contributed by atoms with E-state index < -0.39 is 0 Å². The van der Waals surface area contributed by atoms with Gasteiger partial charge in [0, 0.05) is 25.1 Å². The molecule has 1 atom stereocenters. The first-order valence-corrected chi connectivity index (χ1v) is 7.71. The normalized spacial score (nSPS) is 12.5. The van der Waals surface area contributed by atoms with E-state index >= 15 is 0 Å². The molecule has 0 aliphatic heterocycles. The molecule has 0 saturated heterocycles. The molecular formula is C17H19FN4O2. The average molecular weight is 330 g/mol. The summed E-state index contributed by atoms with van der Waals surface area (Å²) in [7, 11) is 1.78. The lowest BCUT2D eigenvalue weighted by molar-refractivity contribution is -0.116. The number of fused-ring (bicyclic) bond motifs is 1. The van der Waals surface area contributed by atoms with Gasteiger partial charge in [-0.3, -0.25) is 10.1 Å². The highest BCUT2D eigenvalue weighted by Crippen LogP contribution is 2.26. The summed E-state index contributed by atoms with van der Waals surface area (Å²) in [6.07, 6.45) is 0.278. The van der Waals surface area contributed by atoms with Gasteiger partial charge in [0.25, 0.3) is 0 Å². The van der Waals surface area contributed by atoms with E-state index in [9.17, 15) is 9.18 Å². The van der Waals surface area contributed by atoms with Crippen LogP contribution in [0.1, 0.15) is 36.3 Å². The van der Waals surface area contributed by atoms with E-state index in [1.807, 2.05) is 20.8 Å². The van der Waals surface area contributed by atoms with Crippen molar-refractivity contribution >= 4 is 22.9 Å². The highest BCUT2D eigenvalue weighted by molar-refractivity contribution is 5.92. The predicted molar refractivity (Wildman–Crippen MR) is 88.3 cm³/mol. The third-order valence-corrected chi connectivity index (χ3v) is 4.17. The highest BCUT2D eigenvalue weighted by atomic mass is 19.1. The molecule has 3 rings (SSSR count). The van der Waals surface area contributed by atoms with Gasteiger partial charge in [0.2, 0.25) is 11.9 Å². The zero-order valence-corrected chi connectivity index (χ0v) is 14.1. The molecule has 7 heteroatoms. The molecule has 0 fully saturated rings. The van der Waals surface area contributed by atoms with Crippen LogP contribution in [0.3, 0.4) is 0 Å². The van der Waals surface area contributed by atoms with Gasteiger partial charge >= 0.3 is 0 Å². The van der Waals surface area contributed by atoms with Crippen LogP contribution in [0.5, 0.6) is 0 Å². The molecule has 0 bridgehead atoms. The fourth-order valence-electron chi connectivity index (χ4n) is 3.03. The van der Waals surface area contributed by atoms with E-state index in [0.717, 1.165) is 22.5 Å². The minimum atomic E-state index is -0.356. The summed E-state index contributed by atoms with van der Waals surface area (Å²) < 4.78 is 20.2. The zero-order chi connectivity index (χ0) is 17.4. The average Bonchev–Trinajstić information content (AvgIpc) is 2.99. The molecule has 0 aliphatic rings. The lowest BCUT2D eigenvalue weighted by Gasteiger charge is -2.11. The maximum Gasteiger partial charge on any atom is 0.227 e. The van der Waals surface area contributed by atoms with E-state index in [1.54, 1.807) is 17.7 Å². The maximum absolute atomic E-state index is 13.3. The first kappa shape index (κ1) is 16.2. The van der Waals surface area contributed by atoms with Crippen molar-refractivity contribution in [3.63, 3.8) is 0 Å². The summed E-state index contributed by atoms with van der Waals surface area (Å²) in [6.45, 7) is 5.65. The van der Waals surface area contributed by atoms with Gasteiger partial charge in [0.1, 0.15) is 11.6 Å². The predicted octanol–water partition coefficient (Wildman–Crippen LogP) is 3.45. The third-order valence-electron chi connectivity index (χ3n) is 4.17. The summed E-state index contributed by atoms with van der Waals surface area (Å²) in [5, 5.41) is 6.71. The lowest BCUT2D eigenvalue weighted by Crippen LogP contribution is -2.17. The Morgan fingerprint density at radius 3 is 2.83 bits per heavy atom. The van der Waals surface area contributed by atoms with Crippen LogP contribution < -0.4 is 5.32 Å². The van der Waals surface area contributed by atoms with Gasteiger partial charge in [0.05, 0.1) is 16.7 Å². The number of aromatic nitrogens is 3. The number of nitrogens with zero attached hydrogens (tertiary/aromatic N) is 3. The van der Waals surface area contributed by atoms with Crippen molar-refractivity contribution in [3.05, 3.63) is 41.0 Å². The van der Waals surface area contributed by atoms with E-state index in [-0.39, 0.29) is 24.1 Å². The van der Waals surface area contributed by atoms with Crippen LogP contribution in [0.2, 0.25) is 0 Å². The van der Waals surface area contributed by atoms with Crippen LogP contribution in [-0.4, -0.2) is 20.6 Å². The Morgan fingerprint density at radius 2 is 2.17 bits per heavy atom. The monoisotopic (exact) mass is 330 g/mol. The number of carbonyl (C=O) groups excluding carboxylic acids is 1. The van der Waals surface area contributed by atoms with Crippen molar-refractivity contribution in [2.75, 3.05) is 5.32 Å². The maximum atomic E-state index is 13.3. The SMILES string of the molecule is Cc1noc(C)c1[C@@H](C)CC(=O)Nc1nc2cc(F)ccc2n1C. The van der Waals surface area contributed by atoms with Gasteiger partial charge in [0.15, 0.2) is 0 Å². The Balaban J connectivity index is 1.77. The molecule has 1 aromatic carbocycles. The first-order valence-electron chi connectivity index (χ1n) is 7.71. The van der Waals surface area contributed by atoms with Crippen LogP contribution in [-0.2, 0) is 11.8 Å². The smallest absolute Gasteiger partial charge is 0.227 e. The van der Waals surface area contributed by atoms with E-state index in [4.69, 9.17) is 4.52 Å². The number of nitrogens with one attached hydrogen (secondary N) is 1. The largest absolute Gasteiger partial charge is 0.361 e. The molecule has 24 heavy (non-hydrogen) atoms. The Morgan fingerprint density at radius 1 is 1.42 bits per heavy atom. The standard InChI is InChI=1S/C17H19FN4O2/c1-9(16-10(2)21-24-11(16)3)7-15(23)20-17-19-13-8-12(18)5-6-14(13)22(17)4/h5-6,8-9H,7H2,1-4H3,(H,19,20,23)/t9-/m0/s1. The second kappa shape index (κ2) is 6.07. The molecule has 1 amide bonds. The topological polar surface area (TPSA) is 73.0 Å². The summed E-state index contributed by atoms with van der Waals surface area (Å²) >= 11 is 0. The molecular weight excluding hydrogens is 311 g/mol. The number of aryl methyl sites for hydroxylation is 3. The van der Waals surface area contributed by atoms with Crippen molar-refractivity contribution in [2.24, 2.45) is 7.05 Å². The van der Waals surface area contributed by atoms with E-state index in [2.05, 4.69) is 15.5 Å². The quantitative estimate of drug-likeness (QED) is 0.795. The summed E-state index contributed by atoms with van der Waals surface area (Å²) in [6, 6.07) is 4.35. The second-order valence-corrected chi connectivity index (χ2v) is 6.02. The summed E-state index contributed by atoms with van der Waals surface area (Å²) in [5.74, 6) is 0.577. The van der Waals surface area contributed by atoms with Crippen molar-refractivity contribution in [2.45, 2.75) is 33.1 Å². The van der Waals surface area contributed by atoms with Crippen LogP contribution in [0.25, 0.3) is 11.0 Å². The second-order valence-electron chi connectivity index (χ2n) is 6.02. The van der Waals surface area contributed by atoms with Crippen molar-refractivity contribution in [1.82, 2.24) is 14.7 Å². The molecule has 6 nitrogen and oxygen atoms in total. The van der Waals surface area contributed by atoms with Crippen LogP contribution >= 0.6 is 0 Å². The van der Waals surface area contributed by atoms with Gasteiger partial charge in [-0.2, -0.15) is 0 Å². The highest BCUT2D eigenvalue weighted by Gasteiger charge is 2.20. The summed E-state index contributed by atoms with van der Waals surface area (Å²) in [4.78, 5) is 16.6. The molecule has 0 radical (unpaired) electrons. The number of halogens is 1. The molecule has 0 aliphatic carbocycles. The van der Waals surface area contributed by atoms with Crippen LogP contribution in [0.15, 0.2) is 22.7 Å². The number of hydrogen-bond donors (Lipinski definition) is 1. The van der Waals surface area contributed by atoms with Gasteiger partial charge in [-0.05, 0) is 31.9 Å². The Labute approximate surface area is 138 Å². The molecule has 2 aromatic heterocycles. The lowest BCUT2D eigenvalue weighted by atomic mass is 9.96. The fraction of sp³-hybridized carbons (Fsp3) is 0.353. The molecule has 1 N–H and O–H groups in total. The van der Waals surface area contributed by atoms with Gasteiger partial charge < -0.3 is 9.09 Å². The number of imidazole rings is 1. The van der Waals surface area contributed by atoms with Crippen LogP contribution in [0.4, 0.5) is 10.3 Å². The number of rotatable bonds is 4.